The number of imidazole rings is 1. The van der Waals surface area contributed by atoms with Gasteiger partial charge < -0.3 is 10.6 Å². The highest BCUT2D eigenvalue weighted by atomic mass is 16.2. The summed E-state index contributed by atoms with van der Waals surface area (Å²) in [6.07, 6.45) is 5.13. The summed E-state index contributed by atoms with van der Waals surface area (Å²) >= 11 is 0. The zero-order valence-corrected chi connectivity index (χ0v) is 19.0. The molecular weight excluding hydrogens is 446 g/mol. The van der Waals surface area contributed by atoms with Crippen LogP contribution >= 0.6 is 0 Å². The van der Waals surface area contributed by atoms with Crippen LogP contribution in [-0.4, -0.2) is 48.2 Å². The van der Waals surface area contributed by atoms with E-state index in [4.69, 9.17) is 0 Å². The van der Waals surface area contributed by atoms with Crippen LogP contribution in [0.2, 0.25) is 0 Å². The second-order valence-electron chi connectivity index (χ2n) is 8.02. The Morgan fingerprint density at radius 3 is 2.23 bits per heavy atom. The number of nitrogens with one attached hydrogen (secondary N) is 2. The number of hydrogen-bond donors (Lipinski definition) is 2. The zero-order chi connectivity index (χ0) is 24.5. The maximum atomic E-state index is 12.8. The molecule has 0 saturated carbocycles. The molecule has 3 heterocycles. The first-order valence-corrected chi connectivity index (χ1v) is 10.9. The minimum absolute atomic E-state index is 0.309. The molecule has 0 bridgehead atoms. The van der Waals surface area contributed by atoms with Crippen molar-refractivity contribution in [3.05, 3.63) is 90.3 Å². The zero-order valence-electron chi connectivity index (χ0n) is 19.0. The molecule has 0 radical (unpaired) electrons. The van der Waals surface area contributed by atoms with Crippen molar-refractivity contribution >= 4 is 34.9 Å². The van der Waals surface area contributed by atoms with E-state index in [1.54, 1.807) is 84.8 Å². The number of benzene rings is 2. The lowest BCUT2D eigenvalue weighted by atomic mass is 10.1. The van der Waals surface area contributed by atoms with Crippen molar-refractivity contribution in [2.24, 2.45) is 0 Å². The van der Waals surface area contributed by atoms with Crippen molar-refractivity contribution in [1.29, 1.82) is 0 Å². The summed E-state index contributed by atoms with van der Waals surface area (Å²) in [4.78, 5) is 52.0. The quantitative estimate of drug-likeness (QED) is 0.417. The smallest absolute Gasteiger partial charge is 0.262 e. The van der Waals surface area contributed by atoms with Crippen LogP contribution in [0.4, 0.5) is 17.2 Å². The normalized spacial score (nSPS) is 13.5. The van der Waals surface area contributed by atoms with Gasteiger partial charge in [0.25, 0.3) is 11.8 Å². The molecule has 10 nitrogen and oxygen atoms in total. The van der Waals surface area contributed by atoms with Gasteiger partial charge in [0.05, 0.1) is 11.1 Å². The van der Waals surface area contributed by atoms with Gasteiger partial charge in [-0.25, -0.2) is 15.0 Å². The van der Waals surface area contributed by atoms with E-state index in [9.17, 15) is 14.4 Å². The van der Waals surface area contributed by atoms with Gasteiger partial charge in [-0.2, -0.15) is 0 Å². The minimum Gasteiger partial charge on any atom is -0.340 e. The van der Waals surface area contributed by atoms with E-state index in [1.807, 2.05) is 0 Å². The Balaban J connectivity index is 1.26. The van der Waals surface area contributed by atoms with E-state index < -0.39 is 23.8 Å². The Kier molecular flexibility index (Phi) is 5.54. The molecule has 174 valence electrons. The summed E-state index contributed by atoms with van der Waals surface area (Å²) in [5.41, 5.74) is 1.90. The molecule has 0 fully saturated rings. The molecule has 3 amide bonds. The van der Waals surface area contributed by atoms with Gasteiger partial charge in [-0.05, 0) is 50.2 Å². The molecule has 2 aromatic carbocycles. The predicted octanol–water partition coefficient (Wildman–Crippen LogP) is 3.34. The van der Waals surface area contributed by atoms with Crippen LogP contribution in [0, 0.1) is 6.92 Å². The number of aromatic nitrogens is 4. The van der Waals surface area contributed by atoms with Crippen molar-refractivity contribution < 1.29 is 14.4 Å². The third-order valence-corrected chi connectivity index (χ3v) is 5.61. The summed E-state index contributed by atoms with van der Waals surface area (Å²) in [7, 11) is 0. The number of amides is 3. The molecule has 0 unspecified atom stereocenters. The van der Waals surface area contributed by atoms with Crippen molar-refractivity contribution in [3.63, 3.8) is 0 Å². The van der Waals surface area contributed by atoms with Crippen molar-refractivity contribution in [2.75, 3.05) is 10.6 Å². The lowest BCUT2D eigenvalue weighted by Crippen LogP contribution is -2.45. The topological polar surface area (TPSA) is 122 Å². The molecule has 2 aromatic heterocycles. The third kappa shape index (κ3) is 4.24. The monoisotopic (exact) mass is 467 g/mol. The molecule has 0 aliphatic carbocycles. The number of hydrogen-bond acceptors (Lipinski definition) is 7. The van der Waals surface area contributed by atoms with Crippen molar-refractivity contribution in [3.8, 4) is 5.82 Å². The number of fused-ring (bicyclic) bond motifs is 1. The first-order valence-electron chi connectivity index (χ1n) is 10.9. The van der Waals surface area contributed by atoms with E-state index in [-0.39, 0.29) is 0 Å². The summed E-state index contributed by atoms with van der Waals surface area (Å²) < 4.78 is 1.79. The van der Waals surface area contributed by atoms with Gasteiger partial charge in [-0.3, -0.25) is 23.9 Å². The van der Waals surface area contributed by atoms with Crippen LogP contribution in [-0.2, 0) is 4.79 Å². The Morgan fingerprint density at radius 1 is 0.943 bits per heavy atom. The fourth-order valence-corrected chi connectivity index (χ4v) is 3.85. The van der Waals surface area contributed by atoms with Crippen LogP contribution in [0.15, 0.2) is 73.3 Å². The fourth-order valence-electron chi connectivity index (χ4n) is 3.85. The lowest BCUT2D eigenvalue weighted by molar-refractivity contribution is -0.119. The summed E-state index contributed by atoms with van der Waals surface area (Å²) in [6, 6.07) is 14.4. The molecule has 5 rings (SSSR count). The molecule has 0 spiro atoms. The van der Waals surface area contributed by atoms with Gasteiger partial charge in [0.15, 0.2) is 0 Å². The van der Waals surface area contributed by atoms with Crippen LogP contribution in [0.3, 0.4) is 0 Å². The minimum atomic E-state index is -0.967. The molecule has 1 atom stereocenters. The first-order chi connectivity index (χ1) is 16.9. The highest BCUT2D eigenvalue weighted by Gasteiger charge is 2.40. The third-order valence-electron chi connectivity index (χ3n) is 5.61. The SMILES string of the molecule is Cc1nc(Nc2ccc(NC(=O)[C@H](C)N3C(=O)c4ccccc4C3=O)cc2)cc(-n2ccnc2)n1. The highest BCUT2D eigenvalue weighted by molar-refractivity contribution is 6.23. The van der Waals surface area contributed by atoms with Gasteiger partial charge in [-0.1, -0.05) is 12.1 Å². The van der Waals surface area contributed by atoms with Gasteiger partial charge in [0.2, 0.25) is 5.91 Å². The van der Waals surface area contributed by atoms with Crippen LogP contribution in [0.25, 0.3) is 5.82 Å². The van der Waals surface area contributed by atoms with Gasteiger partial charge in [0.1, 0.15) is 29.8 Å². The van der Waals surface area contributed by atoms with Crippen molar-refractivity contribution in [1.82, 2.24) is 24.4 Å². The molecule has 4 aromatic rings. The fraction of sp³-hybridized carbons (Fsp3) is 0.120. The number of rotatable bonds is 6. The summed E-state index contributed by atoms with van der Waals surface area (Å²) in [5.74, 6) is 0.494. The number of nitrogens with zero attached hydrogens (tertiary/aromatic N) is 5. The Hall–Kier alpha value is -4.86. The maximum absolute atomic E-state index is 12.8. The van der Waals surface area contributed by atoms with Crippen LogP contribution in [0.1, 0.15) is 33.5 Å². The number of aryl methyl sites for hydroxylation is 1. The average Bonchev–Trinajstić information content (AvgIpc) is 3.47. The maximum Gasteiger partial charge on any atom is 0.262 e. The summed E-state index contributed by atoms with van der Waals surface area (Å²) in [5, 5.41) is 5.99. The Bertz CT molecular complexity index is 1400. The van der Waals surface area contributed by atoms with Crippen LogP contribution < -0.4 is 10.6 Å². The van der Waals surface area contributed by atoms with E-state index in [0.29, 0.717) is 34.3 Å². The Labute approximate surface area is 200 Å². The predicted molar refractivity (Wildman–Crippen MR) is 129 cm³/mol. The molecule has 2 N–H and O–H groups in total. The second-order valence-corrected chi connectivity index (χ2v) is 8.02. The summed E-state index contributed by atoms with van der Waals surface area (Å²) in [6.45, 7) is 3.34. The van der Waals surface area contributed by atoms with E-state index >= 15 is 0 Å². The first kappa shape index (κ1) is 22.0. The van der Waals surface area contributed by atoms with Crippen LogP contribution in [0.5, 0.6) is 0 Å². The Morgan fingerprint density at radius 2 is 1.60 bits per heavy atom. The molecule has 10 heteroatoms. The van der Waals surface area contributed by atoms with E-state index in [0.717, 1.165) is 10.6 Å². The standard InChI is InChI=1S/C25H21N7O3/c1-15(32-24(34)19-5-3-4-6-20(19)25(32)35)23(33)30-18-9-7-17(8-10-18)29-21-13-22(28-16(2)27-21)31-12-11-26-14-31/h3-15H,1-2H3,(H,30,33)(H,27,28,29)/t15-/m0/s1. The van der Waals surface area contributed by atoms with Gasteiger partial charge in [0, 0.05) is 29.8 Å². The van der Waals surface area contributed by atoms with E-state index in [1.165, 1.54) is 6.92 Å². The molecule has 35 heavy (non-hydrogen) atoms. The van der Waals surface area contributed by atoms with E-state index in [2.05, 4.69) is 25.6 Å². The molecule has 0 saturated heterocycles. The molecule has 1 aliphatic heterocycles. The average molecular weight is 467 g/mol. The van der Waals surface area contributed by atoms with Gasteiger partial charge >= 0.3 is 0 Å². The second kappa shape index (κ2) is 8.82. The highest BCUT2D eigenvalue weighted by Crippen LogP contribution is 2.25. The number of imide groups is 1. The molecule has 1 aliphatic rings. The number of carbonyl (C=O) groups is 3. The number of anilines is 3. The van der Waals surface area contributed by atoms with Crippen molar-refractivity contribution in [2.45, 2.75) is 19.9 Å². The lowest BCUT2D eigenvalue weighted by Gasteiger charge is -2.21. The molecular formula is C25H21N7O3. The largest absolute Gasteiger partial charge is 0.340 e. The van der Waals surface area contributed by atoms with Gasteiger partial charge in [-0.15, -0.1) is 0 Å². The number of carbonyl (C=O) groups excluding carboxylic acids is 3.